The molecule has 0 saturated heterocycles. The van der Waals surface area contributed by atoms with E-state index >= 15 is 0 Å². The highest BCUT2D eigenvalue weighted by atomic mass is 15.2. The number of aromatic nitrogens is 1. The number of nitrogen functional groups attached to an aromatic ring is 1. The lowest BCUT2D eigenvalue weighted by Gasteiger charge is -2.31. The van der Waals surface area contributed by atoms with Crippen LogP contribution in [0.1, 0.15) is 27.9 Å². The summed E-state index contributed by atoms with van der Waals surface area (Å²) in [6, 6.07) is 10.3. The van der Waals surface area contributed by atoms with Gasteiger partial charge in [0.1, 0.15) is 11.9 Å². The van der Waals surface area contributed by atoms with Crippen LogP contribution in [0.4, 0.5) is 11.5 Å². The molecule has 0 spiro atoms. The highest BCUT2D eigenvalue weighted by molar-refractivity contribution is 5.60. The molecule has 0 bridgehead atoms. The van der Waals surface area contributed by atoms with Crippen LogP contribution in [0, 0.1) is 25.2 Å². The van der Waals surface area contributed by atoms with Crippen molar-refractivity contribution in [3.8, 4) is 6.07 Å². The zero-order chi connectivity index (χ0) is 15.0. The fraction of sp³-hybridized carbons (Fsp3) is 0.294. The summed E-state index contributed by atoms with van der Waals surface area (Å²) >= 11 is 0. The van der Waals surface area contributed by atoms with Gasteiger partial charge in [-0.1, -0.05) is 6.07 Å². The lowest BCUT2D eigenvalue weighted by atomic mass is 9.98. The largest absolute Gasteiger partial charge is 0.399 e. The van der Waals surface area contributed by atoms with Gasteiger partial charge in [-0.2, -0.15) is 5.26 Å². The zero-order valence-corrected chi connectivity index (χ0v) is 12.3. The lowest BCUT2D eigenvalue weighted by molar-refractivity contribution is 0.718. The van der Waals surface area contributed by atoms with E-state index in [1.807, 2.05) is 32.0 Å². The van der Waals surface area contributed by atoms with Crippen molar-refractivity contribution in [3.63, 3.8) is 0 Å². The lowest BCUT2D eigenvalue weighted by Crippen LogP contribution is -2.32. The Morgan fingerprint density at radius 2 is 2.05 bits per heavy atom. The molecule has 1 aliphatic heterocycles. The smallest absolute Gasteiger partial charge is 0.147 e. The van der Waals surface area contributed by atoms with Crippen molar-refractivity contribution in [1.29, 1.82) is 5.26 Å². The number of nitrogens with zero attached hydrogens (tertiary/aromatic N) is 3. The van der Waals surface area contributed by atoms with E-state index in [9.17, 15) is 5.26 Å². The maximum atomic E-state index is 9.42. The van der Waals surface area contributed by atoms with Gasteiger partial charge in [-0.3, -0.25) is 0 Å². The Kier molecular flexibility index (Phi) is 3.26. The Morgan fingerprint density at radius 1 is 1.24 bits per heavy atom. The molecule has 1 aromatic carbocycles. The molecule has 0 radical (unpaired) electrons. The van der Waals surface area contributed by atoms with Gasteiger partial charge in [0, 0.05) is 24.5 Å². The summed E-state index contributed by atoms with van der Waals surface area (Å²) in [5.41, 5.74) is 11.8. The monoisotopic (exact) mass is 278 g/mol. The third-order valence-electron chi connectivity index (χ3n) is 3.98. The zero-order valence-electron chi connectivity index (χ0n) is 12.3. The number of nitriles is 1. The summed E-state index contributed by atoms with van der Waals surface area (Å²) in [5.74, 6) is 0.795. The van der Waals surface area contributed by atoms with Crippen LogP contribution in [0.25, 0.3) is 0 Å². The van der Waals surface area contributed by atoms with Crippen molar-refractivity contribution in [1.82, 2.24) is 4.98 Å². The molecule has 0 saturated carbocycles. The molecule has 4 nitrogen and oxygen atoms in total. The average Bonchev–Trinajstić information content (AvgIpc) is 2.45. The predicted molar refractivity (Wildman–Crippen MR) is 84.0 cm³/mol. The first-order valence-corrected chi connectivity index (χ1v) is 7.09. The molecule has 106 valence electrons. The first kappa shape index (κ1) is 13.4. The number of hydrogen-bond donors (Lipinski definition) is 1. The number of benzene rings is 1. The van der Waals surface area contributed by atoms with Gasteiger partial charge in [0.05, 0.1) is 5.56 Å². The molecule has 0 atom stereocenters. The molecular weight excluding hydrogens is 260 g/mol. The topological polar surface area (TPSA) is 65.9 Å². The second-order valence-electron chi connectivity index (χ2n) is 5.59. The molecular formula is C17H18N4. The molecule has 2 N–H and O–H groups in total. The Bertz CT molecular complexity index is 743. The number of hydrogen-bond acceptors (Lipinski definition) is 4. The fourth-order valence-corrected chi connectivity index (χ4v) is 2.94. The maximum Gasteiger partial charge on any atom is 0.147 e. The second-order valence-corrected chi connectivity index (χ2v) is 5.59. The van der Waals surface area contributed by atoms with Crippen molar-refractivity contribution in [2.75, 3.05) is 17.2 Å². The van der Waals surface area contributed by atoms with Crippen molar-refractivity contribution in [2.45, 2.75) is 26.8 Å². The molecule has 2 aromatic rings. The summed E-state index contributed by atoms with van der Waals surface area (Å²) < 4.78 is 0. The number of fused-ring (bicyclic) bond motifs is 1. The van der Waals surface area contributed by atoms with Crippen LogP contribution in [-0.2, 0) is 13.0 Å². The van der Waals surface area contributed by atoms with Crippen LogP contribution >= 0.6 is 0 Å². The molecule has 1 aromatic heterocycles. The quantitative estimate of drug-likeness (QED) is 0.814. The van der Waals surface area contributed by atoms with Gasteiger partial charge in [-0.05, 0) is 55.2 Å². The first-order chi connectivity index (χ1) is 10.1. The van der Waals surface area contributed by atoms with E-state index in [0.29, 0.717) is 5.56 Å². The first-order valence-electron chi connectivity index (χ1n) is 7.09. The summed E-state index contributed by atoms with van der Waals surface area (Å²) in [6.07, 6.45) is 0.954. The van der Waals surface area contributed by atoms with Gasteiger partial charge in [-0.15, -0.1) is 0 Å². The highest BCUT2D eigenvalue weighted by Crippen LogP contribution is 2.28. The van der Waals surface area contributed by atoms with E-state index < -0.39 is 0 Å². The van der Waals surface area contributed by atoms with Crippen molar-refractivity contribution >= 4 is 11.5 Å². The minimum absolute atomic E-state index is 0.674. The Balaban J connectivity index is 2.02. The highest BCUT2D eigenvalue weighted by Gasteiger charge is 2.21. The standard InChI is InChI=1S/C17H18N4/c1-11-7-12(2)20-17(16(11)9-18)21-6-5-13-3-4-15(19)8-14(13)10-21/h3-4,7-8H,5-6,10,19H2,1-2H3. The van der Waals surface area contributed by atoms with Crippen LogP contribution in [-0.4, -0.2) is 11.5 Å². The Morgan fingerprint density at radius 3 is 2.81 bits per heavy atom. The van der Waals surface area contributed by atoms with E-state index in [0.717, 1.165) is 42.3 Å². The van der Waals surface area contributed by atoms with Gasteiger partial charge >= 0.3 is 0 Å². The maximum absolute atomic E-state index is 9.42. The fourth-order valence-electron chi connectivity index (χ4n) is 2.94. The molecule has 4 heteroatoms. The summed E-state index contributed by atoms with van der Waals surface area (Å²) in [5, 5.41) is 9.42. The van der Waals surface area contributed by atoms with Gasteiger partial charge in [0.25, 0.3) is 0 Å². The molecule has 3 rings (SSSR count). The predicted octanol–water partition coefficient (Wildman–Crippen LogP) is 2.72. The molecule has 0 fully saturated rings. The molecule has 21 heavy (non-hydrogen) atoms. The number of aryl methyl sites for hydroxylation is 2. The summed E-state index contributed by atoms with van der Waals surface area (Å²) in [7, 11) is 0. The molecule has 0 aliphatic carbocycles. The minimum Gasteiger partial charge on any atom is -0.399 e. The van der Waals surface area contributed by atoms with Crippen molar-refractivity contribution in [3.05, 3.63) is 52.2 Å². The van der Waals surface area contributed by atoms with Crippen molar-refractivity contribution in [2.24, 2.45) is 0 Å². The molecule has 2 heterocycles. The normalized spacial score (nSPS) is 13.7. The molecule has 0 amide bonds. The van der Waals surface area contributed by atoms with Gasteiger partial charge in [0.15, 0.2) is 0 Å². The Labute approximate surface area is 124 Å². The number of rotatable bonds is 1. The van der Waals surface area contributed by atoms with E-state index in [1.165, 1.54) is 11.1 Å². The SMILES string of the molecule is Cc1cc(C)c(C#N)c(N2CCc3ccc(N)cc3C2)n1. The van der Waals surface area contributed by atoms with Gasteiger partial charge < -0.3 is 10.6 Å². The van der Waals surface area contributed by atoms with E-state index in [-0.39, 0.29) is 0 Å². The second kappa shape index (κ2) is 5.10. The van der Waals surface area contributed by atoms with Crippen LogP contribution < -0.4 is 10.6 Å². The van der Waals surface area contributed by atoms with Crippen LogP contribution in [0.5, 0.6) is 0 Å². The molecule has 0 unspecified atom stereocenters. The van der Waals surface area contributed by atoms with Crippen LogP contribution in [0.2, 0.25) is 0 Å². The summed E-state index contributed by atoms with van der Waals surface area (Å²) in [4.78, 5) is 6.78. The van der Waals surface area contributed by atoms with Crippen LogP contribution in [0.15, 0.2) is 24.3 Å². The third-order valence-corrected chi connectivity index (χ3v) is 3.98. The van der Waals surface area contributed by atoms with E-state index in [4.69, 9.17) is 5.73 Å². The van der Waals surface area contributed by atoms with E-state index in [1.54, 1.807) is 0 Å². The number of nitrogens with two attached hydrogens (primary N) is 1. The van der Waals surface area contributed by atoms with Crippen LogP contribution in [0.3, 0.4) is 0 Å². The van der Waals surface area contributed by atoms with Gasteiger partial charge in [-0.25, -0.2) is 4.98 Å². The Hall–Kier alpha value is -2.54. The molecule has 1 aliphatic rings. The third kappa shape index (κ3) is 2.43. The summed E-state index contributed by atoms with van der Waals surface area (Å²) in [6.45, 7) is 5.56. The minimum atomic E-state index is 0.674. The number of anilines is 2. The van der Waals surface area contributed by atoms with Gasteiger partial charge in [0.2, 0.25) is 0 Å². The number of pyridine rings is 1. The average molecular weight is 278 g/mol. The van der Waals surface area contributed by atoms with Crippen molar-refractivity contribution < 1.29 is 0 Å². The van der Waals surface area contributed by atoms with E-state index in [2.05, 4.69) is 22.0 Å².